The van der Waals surface area contributed by atoms with E-state index in [1.54, 1.807) is 0 Å². The Balaban J connectivity index is 2.20. The minimum absolute atomic E-state index is 0.311. The van der Waals surface area contributed by atoms with Crippen LogP contribution in [0.3, 0.4) is 0 Å². The van der Waals surface area contributed by atoms with Gasteiger partial charge in [-0.1, -0.05) is 60.7 Å². The largest absolute Gasteiger partial charge is 0.466 e. The van der Waals surface area contributed by atoms with Crippen molar-refractivity contribution in [3.63, 3.8) is 0 Å². The lowest BCUT2D eigenvalue weighted by Gasteiger charge is -2.23. The molecule has 0 aliphatic carbocycles. The second kappa shape index (κ2) is 7.38. The van der Waals surface area contributed by atoms with Crippen molar-refractivity contribution in [2.24, 2.45) is 0 Å². The van der Waals surface area contributed by atoms with Crippen LogP contribution >= 0.6 is 7.37 Å². The molecule has 0 amide bonds. The Morgan fingerprint density at radius 1 is 1.08 bits per heavy atom. The number of carbonyl (C=O) groups is 1. The van der Waals surface area contributed by atoms with Gasteiger partial charge in [-0.2, -0.15) is 0 Å². The fourth-order valence-electron chi connectivity index (χ4n) is 3.34. The number of benzene rings is 2. The lowest BCUT2D eigenvalue weighted by molar-refractivity contribution is -0.136. The Bertz CT molecular complexity index is 827. The average Bonchev–Trinajstić information content (AvgIpc) is 2.95. The minimum Gasteiger partial charge on any atom is -0.466 e. The monoisotopic (exact) mass is 356 g/mol. The van der Waals surface area contributed by atoms with E-state index >= 15 is 0 Å². The summed E-state index contributed by atoms with van der Waals surface area (Å²) in [6.07, 6.45) is 0.345. The fourth-order valence-corrected chi connectivity index (χ4v) is 6.40. The first-order chi connectivity index (χ1) is 12.1. The Hall–Kier alpha value is -2.16. The molecular weight excluding hydrogens is 335 g/mol. The van der Waals surface area contributed by atoms with Crippen LogP contribution in [-0.4, -0.2) is 19.7 Å². The van der Waals surface area contributed by atoms with Crippen molar-refractivity contribution >= 4 is 18.7 Å². The zero-order chi connectivity index (χ0) is 17.9. The molecule has 2 aromatic carbocycles. The van der Waals surface area contributed by atoms with Crippen LogP contribution < -0.4 is 0 Å². The van der Waals surface area contributed by atoms with E-state index in [4.69, 9.17) is 9.26 Å². The highest BCUT2D eigenvalue weighted by Gasteiger charge is 2.49. The van der Waals surface area contributed by atoms with Crippen molar-refractivity contribution in [1.82, 2.24) is 0 Å². The van der Waals surface area contributed by atoms with Gasteiger partial charge in [0.25, 0.3) is 0 Å². The van der Waals surface area contributed by atoms with Gasteiger partial charge in [0.15, 0.2) is 0 Å². The molecule has 1 aliphatic heterocycles. The molecule has 0 unspecified atom stereocenters. The number of hydrogen-bond donors (Lipinski definition) is 0. The van der Waals surface area contributed by atoms with Crippen molar-refractivity contribution in [2.45, 2.75) is 19.0 Å². The van der Waals surface area contributed by atoms with Gasteiger partial charge >= 0.3 is 5.97 Å². The highest BCUT2D eigenvalue weighted by molar-refractivity contribution is 7.70. The SMILES string of the molecule is CCO[P@@]1(=O)C(c2ccccc2)=C(C(=O)OC)C[C@@H]1c1ccccc1. The zero-order valence-corrected chi connectivity index (χ0v) is 15.2. The number of carbonyl (C=O) groups excluding carboxylic acids is 1. The Morgan fingerprint density at radius 2 is 1.68 bits per heavy atom. The lowest BCUT2D eigenvalue weighted by atomic mass is 10.0. The molecule has 1 heterocycles. The van der Waals surface area contributed by atoms with Gasteiger partial charge in [-0.3, -0.25) is 4.57 Å². The molecule has 3 rings (SSSR count). The number of rotatable bonds is 5. The van der Waals surface area contributed by atoms with E-state index in [1.165, 1.54) is 7.11 Å². The molecule has 0 saturated carbocycles. The molecule has 2 aromatic rings. The smallest absolute Gasteiger partial charge is 0.334 e. The molecule has 25 heavy (non-hydrogen) atoms. The van der Waals surface area contributed by atoms with E-state index in [-0.39, 0.29) is 5.66 Å². The topological polar surface area (TPSA) is 52.6 Å². The third kappa shape index (κ3) is 3.20. The third-order valence-electron chi connectivity index (χ3n) is 4.39. The Kier molecular flexibility index (Phi) is 5.22. The maximum atomic E-state index is 14.0. The van der Waals surface area contributed by atoms with Crippen LogP contribution in [0.5, 0.6) is 0 Å². The van der Waals surface area contributed by atoms with E-state index in [0.717, 1.165) is 11.1 Å². The molecule has 0 saturated heterocycles. The van der Waals surface area contributed by atoms with Crippen molar-refractivity contribution in [2.75, 3.05) is 13.7 Å². The summed E-state index contributed by atoms with van der Waals surface area (Å²) >= 11 is 0. The molecule has 0 N–H and O–H groups in total. The van der Waals surface area contributed by atoms with Crippen LogP contribution in [0.1, 0.15) is 30.1 Å². The van der Waals surface area contributed by atoms with Crippen LogP contribution in [0.4, 0.5) is 0 Å². The van der Waals surface area contributed by atoms with Gasteiger partial charge in [0.2, 0.25) is 7.37 Å². The molecular formula is C20H21O4P. The molecule has 5 heteroatoms. The second-order valence-corrected chi connectivity index (χ2v) is 8.35. The third-order valence-corrected chi connectivity index (χ3v) is 7.48. The molecule has 0 spiro atoms. The first-order valence-electron chi connectivity index (χ1n) is 8.28. The summed E-state index contributed by atoms with van der Waals surface area (Å²) in [7, 11) is -1.93. The summed E-state index contributed by atoms with van der Waals surface area (Å²) in [6.45, 7) is 2.13. The molecule has 0 radical (unpaired) electrons. The number of ether oxygens (including phenoxy) is 1. The van der Waals surface area contributed by atoms with Crippen LogP contribution in [0.2, 0.25) is 0 Å². The fraction of sp³-hybridized carbons (Fsp3) is 0.250. The van der Waals surface area contributed by atoms with E-state index in [2.05, 4.69) is 0 Å². The number of esters is 1. The van der Waals surface area contributed by atoms with Crippen molar-refractivity contribution in [3.8, 4) is 0 Å². The Morgan fingerprint density at radius 3 is 2.24 bits per heavy atom. The molecule has 1 aliphatic rings. The van der Waals surface area contributed by atoms with Crippen LogP contribution in [0.25, 0.3) is 5.31 Å². The predicted octanol–water partition coefficient (Wildman–Crippen LogP) is 5.03. The molecule has 0 bridgehead atoms. The number of hydrogen-bond acceptors (Lipinski definition) is 4. The van der Waals surface area contributed by atoms with Gasteiger partial charge in [-0.15, -0.1) is 0 Å². The first kappa shape index (κ1) is 17.7. The van der Waals surface area contributed by atoms with Gasteiger partial charge in [0.1, 0.15) is 0 Å². The maximum Gasteiger partial charge on any atom is 0.334 e. The van der Waals surface area contributed by atoms with Crippen LogP contribution in [0.15, 0.2) is 66.2 Å². The first-order valence-corrected chi connectivity index (χ1v) is 9.97. The normalized spacial score (nSPS) is 22.9. The predicted molar refractivity (Wildman–Crippen MR) is 98.4 cm³/mol. The van der Waals surface area contributed by atoms with Crippen molar-refractivity contribution in [1.29, 1.82) is 0 Å². The standard InChI is InChI=1S/C20H21O4P/c1-3-24-25(22)18(15-10-6-4-7-11-15)14-17(20(21)23-2)19(25)16-12-8-5-9-13-16/h4-13,18H,3,14H2,1-2H3/t18-,25-/m1/s1. The number of methoxy groups -OCH3 is 1. The summed E-state index contributed by atoms with van der Waals surface area (Å²) in [5.41, 5.74) is 1.72. The zero-order valence-electron chi connectivity index (χ0n) is 14.3. The second-order valence-electron chi connectivity index (χ2n) is 5.83. The van der Waals surface area contributed by atoms with Gasteiger partial charge in [0, 0.05) is 0 Å². The van der Waals surface area contributed by atoms with E-state index in [0.29, 0.717) is 23.9 Å². The summed E-state index contributed by atoms with van der Waals surface area (Å²) in [4.78, 5) is 12.4. The van der Waals surface area contributed by atoms with Crippen molar-refractivity contribution < 1.29 is 18.6 Å². The van der Waals surface area contributed by atoms with Crippen molar-refractivity contribution in [3.05, 3.63) is 77.4 Å². The quantitative estimate of drug-likeness (QED) is 0.557. The molecule has 0 fully saturated rings. The molecule has 4 nitrogen and oxygen atoms in total. The highest BCUT2D eigenvalue weighted by atomic mass is 31.2. The highest BCUT2D eigenvalue weighted by Crippen LogP contribution is 2.76. The van der Waals surface area contributed by atoms with Gasteiger partial charge < -0.3 is 9.26 Å². The van der Waals surface area contributed by atoms with Gasteiger partial charge in [-0.05, 0) is 24.5 Å². The lowest BCUT2D eigenvalue weighted by Crippen LogP contribution is -2.05. The van der Waals surface area contributed by atoms with E-state index in [1.807, 2.05) is 67.6 Å². The van der Waals surface area contributed by atoms with E-state index in [9.17, 15) is 9.36 Å². The Labute approximate surface area is 147 Å². The molecule has 0 aromatic heterocycles. The summed E-state index contributed by atoms with van der Waals surface area (Å²) in [5.74, 6) is -0.447. The maximum absolute atomic E-state index is 14.0. The molecule has 2 atom stereocenters. The van der Waals surface area contributed by atoms with Gasteiger partial charge in [0.05, 0.1) is 30.3 Å². The van der Waals surface area contributed by atoms with Gasteiger partial charge in [-0.25, -0.2) is 4.79 Å². The minimum atomic E-state index is -3.28. The van der Waals surface area contributed by atoms with Crippen LogP contribution in [-0.2, 0) is 18.6 Å². The van der Waals surface area contributed by atoms with Crippen LogP contribution in [0, 0.1) is 0 Å². The summed E-state index contributed by atoms with van der Waals surface area (Å²) < 4.78 is 24.8. The summed E-state index contributed by atoms with van der Waals surface area (Å²) in [6, 6.07) is 18.9. The molecule has 130 valence electrons. The average molecular weight is 356 g/mol. The summed E-state index contributed by atoms with van der Waals surface area (Å²) in [5, 5.41) is 0.496. The van der Waals surface area contributed by atoms with E-state index < -0.39 is 13.3 Å².